The van der Waals surface area contributed by atoms with Gasteiger partial charge in [0.2, 0.25) is 0 Å². The summed E-state index contributed by atoms with van der Waals surface area (Å²) in [6.45, 7) is 2.58. The molecule has 0 spiro atoms. The van der Waals surface area contributed by atoms with E-state index >= 15 is 0 Å². The van der Waals surface area contributed by atoms with Gasteiger partial charge in [-0.1, -0.05) is 19.1 Å². The van der Waals surface area contributed by atoms with E-state index in [-0.39, 0.29) is 6.61 Å². The van der Waals surface area contributed by atoms with E-state index in [1.165, 1.54) is 16.2 Å². The summed E-state index contributed by atoms with van der Waals surface area (Å²) >= 11 is 3.87. The normalized spacial score (nSPS) is 34.8. The van der Waals surface area contributed by atoms with Crippen LogP contribution in [0.2, 0.25) is 0 Å². The van der Waals surface area contributed by atoms with Crippen molar-refractivity contribution in [1.82, 2.24) is 5.32 Å². The number of rotatable bonds is 3. The van der Waals surface area contributed by atoms with Crippen molar-refractivity contribution < 1.29 is 5.11 Å². The Kier molecular flexibility index (Phi) is 3.80. The van der Waals surface area contributed by atoms with Crippen molar-refractivity contribution in [3.63, 3.8) is 0 Å². The summed E-state index contributed by atoms with van der Waals surface area (Å²) in [5.74, 6) is 0.347. The summed E-state index contributed by atoms with van der Waals surface area (Å²) in [7, 11) is 0. The van der Waals surface area contributed by atoms with Gasteiger partial charge in [0.1, 0.15) is 0 Å². The molecule has 0 radical (unpaired) electrons. The Morgan fingerprint density at radius 3 is 3.06 bits per heavy atom. The van der Waals surface area contributed by atoms with E-state index in [0.29, 0.717) is 23.3 Å². The van der Waals surface area contributed by atoms with E-state index in [4.69, 9.17) is 0 Å². The Morgan fingerprint density at radius 2 is 2.28 bits per heavy atom. The Balaban J connectivity index is 1.69. The van der Waals surface area contributed by atoms with Crippen molar-refractivity contribution in [2.75, 3.05) is 6.61 Å². The molecule has 1 aromatic heterocycles. The Hall–Kier alpha value is -0.290. The summed E-state index contributed by atoms with van der Waals surface area (Å²) in [6, 6.07) is 3.17. The highest BCUT2D eigenvalue weighted by Crippen LogP contribution is 2.44. The highest BCUT2D eigenvalue weighted by molar-refractivity contribution is 8.01. The summed E-state index contributed by atoms with van der Waals surface area (Å²) < 4.78 is 1.48. The maximum Gasteiger partial charge on any atom is 0.0649 e. The van der Waals surface area contributed by atoms with E-state index in [2.05, 4.69) is 35.8 Å². The summed E-state index contributed by atoms with van der Waals surface area (Å²) in [4.78, 5) is 0. The second-order valence-corrected chi connectivity index (χ2v) is 7.84. The molecule has 1 aliphatic carbocycles. The monoisotopic (exact) mass is 281 g/mol. The highest BCUT2D eigenvalue weighted by Gasteiger charge is 2.29. The van der Waals surface area contributed by atoms with Crippen LogP contribution >= 0.6 is 23.1 Å². The Labute approximate surface area is 116 Å². The van der Waals surface area contributed by atoms with Crippen molar-refractivity contribution in [2.24, 2.45) is 5.92 Å². The molecule has 4 atom stereocenters. The molecule has 0 amide bonds. The molecular formula is C14H19NOS2. The van der Waals surface area contributed by atoms with Crippen molar-refractivity contribution in [3.8, 4) is 0 Å². The van der Waals surface area contributed by atoms with Gasteiger partial charge in [-0.05, 0) is 29.9 Å². The van der Waals surface area contributed by atoms with Gasteiger partial charge >= 0.3 is 0 Å². The van der Waals surface area contributed by atoms with E-state index < -0.39 is 0 Å². The lowest BCUT2D eigenvalue weighted by Gasteiger charge is -2.30. The molecule has 4 heteroatoms. The minimum Gasteiger partial charge on any atom is -0.396 e. The number of hydrogen-bond acceptors (Lipinski definition) is 4. The van der Waals surface area contributed by atoms with Crippen LogP contribution in [0.1, 0.15) is 31.4 Å². The zero-order valence-electron chi connectivity index (χ0n) is 10.5. The van der Waals surface area contributed by atoms with Gasteiger partial charge in [0.25, 0.3) is 0 Å². The fourth-order valence-corrected chi connectivity index (χ4v) is 5.37. The van der Waals surface area contributed by atoms with Gasteiger partial charge in [0, 0.05) is 29.9 Å². The molecule has 0 saturated carbocycles. The van der Waals surface area contributed by atoms with E-state index in [9.17, 15) is 5.11 Å². The van der Waals surface area contributed by atoms with Crippen molar-refractivity contribution in [1.29, 1.82) is 0 Å². The Morgan fingerprint density at radius 1 is 1.39 bits per heavy atom. The average molecular weight is 281 g/mol. The predicted octanol–water partition coefficient (Wildman–Crippen LogP) is 3.20. The average Bonchev–Trinajstić information content (AvgIpc) is 2.97. The third-order valence-corrected chi connectivity index (χ3v) is 6.08. The van der Waals surface area contributed by atoms with Gasteiger partial charge in [-0.25, -0.2) is 0 Å². The number of thioether (sulfide) groups is 1. The third-order valence-electron chi connectivity index (χ3n) is 3.73. The topological polar surface area (TPSA) is 32.3 Å². The second kappa shape index (κ2) is 5.37. The molecule has 0 aromatic carbocycles. The molecule has 1 aromatic rings. The number of hydrogen-bond donors (Lipinski definition) is 2. The number of nitrogens with one attached hydrogen (secondary N) is 1. The minimum absolute atomic E-state index is 0.273. The lowest BCUT2D eigenvalue weighted by atomic mass is 10.0. The molecule has 0 bridgehead atoms. The largest absolute Gasteiger partial charge is 0.396 e. The minimum atomic E-state index is 0.273. The third kappa shape index (κ3) is 2.52. The zero-order chi connectivity index (χ0) is 12.5. The molecule has 3 rings (SSSR count). The molecule has 2 aliphatic rings. The van der Waals surface area contributed by atoms with Crippen LogP contribution in [0.15, 0.2) is 27.8 Å². The standard InChI is InChI=1S/C14H19NOS2/c1-9-6-13(12-4-5-17-14(12)18-9)15-11-3-2-10(7-11)8-16/h2-5,9-11,13,15-16H,6-8H2,1H3/t9-,10-,11+,13+/m0/s1. The zero-order valence-corrected chi connectivity index (χ0v) is 12.1. The van der Waals surface area contributed by atoms with Crippen LogP contribution < -0.4 is 5.32 Å². The second-order valence-electron chi connectivity index (χ2n) is 5.22. The molecule has 0 unspecified atom stereocenters. The van der Waals surface area contributed by atoms with Gasteiger partial charge in [-0.3, -0.25) is 0 Å². The van der Waals surface area contributed by atoms with Gasteiger partial charge in [0.05, 0.1) is 4.21 Å². The molecule has 0 fully saturated rings. The molecule has 1 aliphatic heterocycles. The highest BCUT2D eigenvalue weighted by atomic mass is 32.2. The molecule has 2 nitrogen and oxygen atoms in total. The number of fused-ring (bicyclic) bond motifs is 1. The van der Waals surface area contributed by atoms with Crippen LogP contribution in [0.4, 0.5) is 0 Å². The van der Waals surface area contributed by atoms with Crippen molar-refractivity contribution in [3.05, 3.63) is 29.2 Å². The SMILES string of the molecule is C[C@H]1C[C@@H](N[C@@H]2C=C[C@H](CO)C2)c2ccsc2S1. The van der Waals surface area contributed by atoms with E-state index in [1.54, 1.807) is 0 Å². The molecule has 0 saturated heterocycles. The Bertz CT molecular complexity index is 443. The van der Waals surface area contributed by atoms with Crippen LogP contribution in [-0.2, 0) is 0 Å². The van der Waals surface area contributed by atoms with E-state index in [0.717, 1.165) is 6.42 Å². The lowest BCUT2D eigenvalue weighted by Crippen LogP contribution is -2.33. The fraction of sp³-hybridized carbons (Fsp3) is 0.571. The van der Waals surface area contributed by atoms with Crippen LogP contribution in [0, 0.1) is 5.92 Å². The van der Waals surface area contributed by atoms with Crippen molar-refractivity contribution in [2.45, 2.75) is 41.3 Å². The molecule has 2 heterocycles. The van der Waals surface area contributed by atoms with Gasteiger partial charge in [0.15, 0.2) is 0 Å². The smallest absolute Gasteiger partial charge is 0.0649 e. The first kappa shape index (κ1) is 12.7. The van der Waals surface area contributed by atoms with Crippen LogP contribution in [-0.4, -0.2) is 23.0 Å². The number of thiophene rings is 1. The van der Waals surface area contributed by atoms with Gasteiger partial charge in [-0.2, -0.15) is 0 Å². The van der Waals surface area contributed by atoms with Crippen LogP contribution in [0.3, 0.4) is 0 Å². The summed E-state index contributed by atoms with van der Waals surface area (Å²) in [6.07, 6.45) is 6.60. The lowest BCUT2D eigenvalue weighted by molar-refractivity contribution is 0.244. The molecule has 2 N–H and O–H groups in total. The first-order valence-electron chi connectivity index (χ1n) is 6.55. The van der Waals surface area contributed by atoms with Gasteiger partial charge in [-0.15, -0.1) is 23.1 Å². The maximum atomic E-state index is 9.18. The molecular weight excluding hydrogens is 262 g/mol. The summed E-state index contributed by atoms with van der Waals surface area (Å²) in [5.41, 5.74) is 1.48. The predicted molar refractivity (Wildman–Crippen MR) is 78.3 cm³/mol. The van der Waals surface area contributed by atoms with E-state index in [1.807, 2.05) is 23.1 Å². The first-order valence-corrected chi connectivity index (χ1v) is 8.31. The van der Waals surface area contributed by atoms with Crippen LogP contribution in [0.25, 0.3) is 0 Å². The quantitative estimate of drug-likeness (QED) is 0.835. The van der Waals surface area contributed by atoms with Gasteiger partial charge < -0.3 is 10.4 Å². The van der Waals surface area contributed by atoms with Crippen LogP contribution in [0.5, 0.6) is 0 Å². The number of aliphatic hydroxyl groups is 1. The maximum absolute atomic E-state index is 9.18. The first-order chi connectivity index (χ1) is 8.76. The van der Waals surface area contributed by atoms with Crippen molar-refractivity contribution >= 4 is 23.1 Å². The molecule has 98 valence electrons. The number of aliphatic hydroxyl groups excluding tert-OH is 1. The fourth-order valence-electron chi connectivity index (χ4n) is 2.80. The molecule has 18 heavy (non-hydrogen) atoms. The summed E-state index contributed by atoms with van der Waals surface area (Å²) in [5, 5.41) is 15.8.